The highest BCUT2D eigenvalue weighted by Gasteiger charge is 2.32. The summed E-state index contributed by atoms with van der Waals surface area (Å²) in [5.74, 6) is 0.815. The van der Waals surface area contributed by atoms with E-state index in [9.17, 15) is 10.1 Å². The number of allylic oxidation sites excluding steroid dienone is 1. The largest absolute Gasteiger partial charge is 0.493 e. The monoisotopic (exact) mass is 525 g/mol. The number of carbonyl (C=O) groups is 1. The second-order valence-electron chi connectivity index (χ2n) is 8.03. The van der Waals surface area contributed by atoms with Crippen molar-refractivity contribution < 1.29 is 23.7 Å². The summed E-state index contributed by atoms with van der Waals surface area (Å²) in [5.41, 5.74) is 3.67. The van der Waals surface area contributed by atoms with Gasteiger partial charge in [-0.15, -0.1) is 0 Å². The fraction of sp³-hybridized carbons (Fsp3) is 0.385. The predicted octanol–water partition coefficient (Wildman–Crippen LogP) is 3.64. The molecule has 0 amide bonds. The first-order valence-corrected chi connectivity index (χ1v) is 12.4. The maximum Gasteiger partial charge on any atom is 0.338 e. The first-order valence-electron chi connectivity index (χ1n) is 11.6. The van der Waals surface area contributed by atoms with Gasteiger partial charge in [0, 0.05) is 17.9 Å². The summed E-state index contributed by atoms with van der Waals surface area (Å²) < 4.78 is 21.8. The lowest BCUT2D eigenvalue weighted by molar-refractivity contribution is -0.138. The molecular formula is C26H31N5O5S. The van der Waals surface area contributed by atoms with Gasteiger partial charge in [0.2, 0.25) is 5.75 Å². The highest BCUT2D eigenvalue weighted by atomic mass is 32.2. The van der Waals surface area contributed by atoms with E-state index in [0.29, 0.717) is 56.4 Å². The second kappa shape index (κ2) is 12.5. The van der Waals surface area contributed by atoms with Crippen LogP contribution in [-0.4, -0.2) is 51.1 Å². The Bertz CT molecular complexity index is 1260. The number of rotatable bonds is 9. The Hall–Kier alpha value is -3.75. The van der Waals surface area contributed by atoms with Crippen molar-refractivity contribution >= 4 is 22.9 Å². The molecule has 2 N–H and O–H groups in total. The number of nitrogens with one attached hydrogen (secondary N) is 2. The van der Waals surface area contributed by atoms with Gasteiger partial charge in [0.25, 0.3) is 0 Å². The van der Waals surface area contributed by atoms with E-state index in [2.05, 4.69) is 21.7 Å². The van der Waals surface area contributed by atoms with E-state index >= 15 is 0 Å². The number of methoxy groups -OCH3 is 3. The molecule has 2 aromatic rings. The first kappa shape index (κ1) is 27.8. The number of hydrogen-bond acceptors (Lipinski definition) is 11. The zero-order valence-corrected chi connectivity index (χ0v) is 22.8. The smallest absolute Gasteiger partial charge is 0.338 e. The molecule has 3 rings (SSSR count). The number of aryl methyl sites for hydroxylation is 1. The SMILES string of the molecule is CCOC(=O)C1=C(C)NC(Sc2nc(C)cc(CNC)c2C#N)=N[C@H]1c1cc(OC)c(OC)c(OC)c1. The van der Waals surface area contributed by atoms with E-state index in [0.717, 1.165) is 11.3 Å². The molecule has 1 aliphatic rings. The van der Waals surface area contributed by atoms with Crippen LogP contribution in [0, 0.1) is 18.3 Å². The van der Waals surface area contributed by atoms with Gasteiger partial charge in [-0.1, -0.05) is 0 Å². The highest BCUT2D eigenvalue weighted by molar-refractivity contribution is 8.13. The van der Waals surface area contributed by atoms with Gasteiger partial charge in [0.05, 0.1) is 39.1 Å². The number of aliphatic imine (C=N–C) groups is 1. The molecule has 0 saturated heterocycles. The normalized spacial score (nSPS) is 14.9. The topological polar surface area (TPSA) is 127 Å². The lowest BCUT2D eigenvalue weighted by Gasteiger charge is -2.26. The Balaban J connectivity index is 2.15. The molecule has 0 radical (unpaired) electrons. The Morgan fingerprint density at radius 3 is 2.38 bits per heavy atom. The summed E-state index contributed by atoms with van der Waals surface area (Å²) in [6.07, 6.45) is 0. The van der Waals surface area contributed by atoms with E-state index in [-0.39, 0.29) is 6.61 Å². The van der Waals surface area contributed by atoms with Crippen LogP contribution in [-0.2, 0) is 16.1 Å². The molecule has 0 fully saturated rings. The van der Waals surface area contributed by atoms with Crippen molar-refractivity contribution in [2.24, 2.45) is 4.99 Å². The van der Waals surface area contributed by atoms with E-state index in [1.54, 1.807) is 26.0 Å². The minimum Gasteiger partial charge on any atom is -0.493 e. The van der Waals surface area contributed by atoms with Crippen LogP contribution >= 0.6 is 11.8 Å². The van der Waals surface area contributed by atoms with Crippen LogP contribution in [0.5, 0.6) is 17.2 Å². The molecule has 37 heavy (non-hydrogen) atoms. The Labute approximate surface area is 221 Å². The van der Waals surface area contributed by atoms with E-state index in [1.807, 2.05) is 20.0 Å². The molecule has 10 nitrogen and oxygen atoms in total. The van der Waals surface area contributed by atoms with Crippen LogP contribution in [0.3, 0.4) is 0 Å². The summed E-state index contributed by atoms with van der Waals surface area (Å²) in [7, 11) is 6.40. The number of benzene rings is 1. The molecule has 1 aromatic heterocycles. The third-order valence-corrected chi connectivity index (χ3v) is 6.47. The van der Waals surface area contributed by atoms with Gasteiger partial charge in [0.1, 0.15) is 17.1 Å². The quantitative estimate of drug-likeness (QED) is 0.469. The summed E-state index contributed by atoms with van der Waals surface area (Å²) in [6.45, 7) is 6.16. The molecule has 11 heteroatoms. The first-order chi connectivity index (χ1) is 17.8. The van der Waals surface area contributed by atoms with Gasteiger partial charge in [-0.05, 0) is 68.9 Å². The third kappa shape index (κ3) is 5.98. The van der Waals surface area contributed by atoms with Gasteiger partial charge in [0.15, 0.2) is 16.7 Å². The van der Waals surface area contributed by atoms with Crippen molar-refractivity contribution in [1.29, 1.82) is 5.26 Å². The van der Waals surface area contributed by atoms with Crippen LogP contribution in [0.25, 0.3) is 0 Å². The molecule has 1 atom stereocenters. The van der Waals surface area contributed by atoms with Crippen molar-refractivity contribution in [3.63, 3.8) is 0 Å². The molecule has 0 saturated carbocycles. The zero-order chi connectivity index (χ0) is 27.1. The number of hydrogen-bond donors (Lipinski definition) is 2. The van der Waals surface area contributed by atoms with Crippen molar-refractivity contribution in [3.8, 4) is 23.3 Å². The number of pyridine rings is 1. The van der Waals surface area contributed by atoms with E-state index in [4.69, 9.17) is 23.9 Å². The van der Waals surface area contributed by atoms with Gasteiger partial charge in [-0.2, -0.15) is 5.26 Å². The van der Waals surface area contributed by atoms with Crippen molar-refractivity contribution in [2.45, 2.75) is 38.4 Å². The van der Waals surface area contributed by atoms with Crippen LogP contribution in [0.1, 0.15) is 42.3 Å². The molecule has 196 valence electrons. The van der Waals surface area contributed by atoms with E-state index < -0.39 is 12.0 Å². The molecule has 1 aromatic carbocycles. The highest BCUT2D eigenvalue weighted by Crippen LogP contribution is 2.43. The Kier molecular flexibility index (Phi) is 9.38. The molecule has 1 aliphatic heterocycles. The zero-order valence-electron chi connectivity index (χ0n) is 22.0. The Morgan fingerprint density at radius 2 is 1.84 bits per heavy atom. The van der Waals surface area contributed by atoms with Gasteiger partial charge >= 0.3 is 5.97 Å². The van der Waals surface area contributed by atoms with Crippen LogP contribution in [0.15, 0.2) is 39.5 Å². The fourth-order valence-electron chi connectivity index (χ4n) is 4.00. The molecule has 2 heterocycles. The van der Waals surface area contributed by atoms with Crippen molar-refractivity contribution in [1.82, 2.24) is 15.6 Å². The second-order valence-corrected chi connectivity index (χ2v) is 9.00. The number of esters is 1. The molecular weight excluding hydrogens is 494 g/mol. The van der Waals surface area contributed by atoms with Crippen LogP contribution in [0.2, 0.25) is 0 Å². The minimum absolute atomic E-state index is 0.218. The van der Waals surface area contributed by atoms with Gasteiger partial charge < -0.3 is 29.6 Å². The minimum atomic E-state index is -0.733. The summed E-state index contributed by atoms with van der Waals surface area (Å²) in [6, 6.07) is 6.93. The number of nitriles is 1. The standard InChI is InChI=1S/C26H31N5O5S/c1-8-36-25(32)21-15(3)30-26(37-24-18(12-27)17(13-28-4)9-14(2)29-24)31-22(21)16-10-19(33-5)23(35-7)20(11-16)34-6/h9-11,22,28H,8,13H2,1-7H3,(H,30,31)/t22-/m0/s1. The molecule has 0 spiro atoms. The number of thioether (sulfide) groups is 1. The summed E-state index contributed by atoms with van der Waals surface area (Å²) in [4.78, 5) is 22.5. The summed E-state index contributed by atoms with van der Waals surface area (Å²) >= 11 is 1.23. The van der Waals surface area contributed by atoms with Gasteiger partial charge in [-0.25, -0.2) is 14.8 Å². The van der Waals surface area contributed by atoms with Crippen LogP contribution < -0.4 is 24.8 Å². The lowest BCUT2D eigenvalue weighted by Crippen LogP contribution is -2.30. The van der Waals surface area contributed by atoms with E-state index in [1.165, 1.54) is 33.1 Å². The number of nitrogens with zero attached hydrogens (tertiary/aromatic N) is 3. The third-order valence-electron chi connectivity index (χ3n) is 5.58. The average molecular weight is 526 g/mol. The number of ether oxygens (including phenoxy) is 4. The maximum absolute atomic E-state index is 13.0. The van der Waals surface area contributed by atoms with Gasteiger partial charge in [-0.3, -0.25) is 0 Å². The predicted molar refractivity (Wildman–Crippen MR) is 141 cm³/mol. The number of amidine groups is 1. The lowest BCUT2D eigenvalue weighted by atomic mass is 9.96. The number of aromatic nitrogens is 1. The molecule has 0 bridgehead atoms. The maximum atomic E-state index is 13.0. The van der Waals surface area contributed by atoms with Crippen LogP contribution in [0.4, 0.5) is 0 Å². The van der Waals surface area contributed by atoms with Crippen molar-refractivity contribution in [3.05, 3.63) is 51.9 Å². The molecule has 0 unspecified atom stereocenters. The van der Waals surface area contributed by atoms with Crippen molar-refractivity contribution in [2.75, 3.05) is 35.0 Å². The fourth-order valence-corrected chi connectivity index (χ4v) is 5.01. The number of carbonyl (C=O) groups excluding carboxylic acids is 1. The Morgan fingerprint density at radius 1 is 1.16 bits per heavy atom. The molecule has 0 aliphatic carbocycles. The summed E-state index contributed by atoms with van der Waals surface area (Å²) in [5, 5.41) is 17.2. The average Bonchev–Trinajstić information content (AvgIpc) is 2.87.